The first kappa shape index (κ1) is 16.2. The summed E-state index contributed by atoms with van der Waals surface area (Å²) in [5, 5.41) is 2.84. The summed E-state index contributed by atoms with van der Waals surface area (Å²) in [7, 11) is 1.67. The zero-order chi connectivity index (χ0) is 16.9. The maximum absolute atomic E-state index is 12.3. The van der Waals surface area contributed by atoms with Crippen molar-refractivity contribution in [2.45, 2.75) is 25.7 Å². The normalized spacial score (nSPS) is 15.2. The smallest absolute Gasteiger partial charge is 0.323 e. The van der Waals surface area contributed by atoms with E-state index in [1.54, 1.807) is 26.3 Å². The van der Waals surface area contributed by atoms with Crippen molar-refractivity contribution in [3.05, 3.63) is 47.9 Å². The number of benzene rings is 1. The van der Waals surface area contributed by atoms with Gasteiger partial charge in [0.1, 0.15) is 17.4 Å². The number of urea groups is 1. The Morgan fingerprint density at radius 3 is 2.54 bits per heavy atom. The van der Waals surface area contributed by atoms with Gasteiger partial charge in [-0.15, -0.1) is 0 Å². The SMILES string of the molecule is COc1ccc(C2CCN(C(=O)Nc3ccnc(C)n3)CC2)cc1. The first-order valence-electron chi connectivity index (χ1n) is 8.15. The van der Waals surface area contributed by atoms with Crippen LogP contribution < -0.4 is 10.1 Å². The second-order valence-electron chi connectivity index (χ2n) is 5.95. The first-order chi connectivity index (χ1) is 11.7. The van der Waals surface area contributed by atoms with E-state index in [2.05, 4.69) is 27.4 Å². The van der Waals surface area contributed by atoms with Crippen molar-refractivity contribution in [2.75, 3.05) is 25.5 Å². The van der Waals surface area contributed by atoms with Crippen molar-refractivity contribution in [2.24, 2.45) is 0 Å². The van der Waals surface area contributed by atoms with Crippen LogP contribution in [0, 0.1) is 6.92 Å². The standard InChI is InChI=1S/C18H22N4O2/c1-13-19-10-7-17(20-13)21-18(23)22-11-8-15(9-12-22)14-3-5-16(24-2)6-4-14/h3-7,10,15H,8-9,11-12H2,1-2H3,(H,19,20,21,23). The maximum Gasteiger partial charge on any atom is 0.323 e. The predicted octanol–water partition coefficient (Wildman–Crippen LogP) is 3.21. The molecule has 1 aliphatic rings. The lowest BCUT2D eigenvalue weighted by molar-refractivity contribution is 0.194. The van der Waals surface area contributed by atoms with Crippen LogP contribution in [0.2, 0.25) is 0 Å². The van der Waals surface area contributed by atoms with Gasteiger partial charge in [0.2, 0.25) is 0 Å². The number of methoxy groups -OCH3 is 1. The van der Waals surface area contributed by atoms with E-state index in [0.29, 0.717) is 17.6 Å². The van der Waals surface area contributed by atoms with Gasteiger partial charge in [-0.1, -0.05) is 12.1 Å². The number of aryl methyl sites for hydroxylation is 1. The zero-order valence-corrected chi connectivity index (χ0v) is 14.0. The van der Waals surface area contributed by atoms with Crippen molar-refractivity contribution in [1.82, 2.24) is 14.9 Å². The number of ether oxygens (including phenoxy) is 1. The van der Waals surface area contributed by atoms with Crippen molar-refractivity contribution < 1.29 is 9.53 Å². The zero-order valence-electron chi connectivity index (χ0n) is 14.0. The summed E-state index contributed by atoms with van der Waals surface area (Å²) < 4.78 is 5.20. The van der Waals surface area contributed by atoms with Crippen molar-refractivity contribution >= 4 is 11.8 Å². The Hall–Kier alpha value is -2.63. The number of rotatable bonds is 3. The number of aromatic nitrogens is 2. The fourth-order valence-electron chi connectivity index (χ4n) is 3.01. The molecule has 0 bridgehead atoms. The van der Waals surface area contributed by atoms with Crippen LogP contribution in [0.1, 0.15) is 30.1 Å². The van der Waals surface area contributed by atoms with E-state index in [0.717, 1.165) is 31.7 Å². The van der Waals surface area contributed by atoms with Crippen LogP contribution in [0.15, 0.2) is 36.5 Å². The summed E-state index contributed by atoms with van der Waals surface area (Å²) in [6, 6.07) is 9.82. The van der Waals surface area contributed by atoms with E-state index in [9.17, 15) is 4.79 Å². The Balaban J connectivity index is 1.55. The van der Waals surface area contributed by atoms with Crippen LogP contribution in [-0.2, 0) is 0 Å². The van der Waals surface area contributed by atoms with Crippen LogP contribution in [0.25, 0.3) is 0 Å². The number of piperidine rings is 1. The molecule has 1 aliphatic heterocycles. The molecule has 2 amide bonds. The lowest BCUT2D eigenvalue weighted by Crippen LogP contribution is -2.40. The van der Waals surface area contributed by atoms with Crippen molar-refractivity contribution in [3.8, 4) is 5.75 Å². The van der Waals surface area contributed by atoms with Gasteiger partial charge >= 0.3 is 6.03 Å². The molecule has 0 saturated carbocycles. The van der Waals surface area contributed by atoms with Crippen molar-refractivity contribution in [1.29, 1.82) is 0 Å². The Morgan fingerprint density at radius 1 is 1.21 bits per heavy atom. The second-order valence-corrected chi connectivity index (χ2v) is 5.95. The van der Waals surface area contributed by atoms with Crippen LogP contribution in [-0.4, -0.2) is 41.1 Å². The number of carbonyl (C=O) groups is 1. The Labute approximate surface area is 141 Å². The number of nitrogens with one attached hydrogen (secondary N) is 1. The third-order valence-corrected chi connectivity index (χ3v) is 4.38. The molecule has 0 atom stereocenters. The molecule has 0 unspecified atom stereocenters. The first-order valence-corrected chi connectivity index (χ1v) is 8.15. The highest BCUT2D eigenvalue weighted by Gasteiger charge is 2.24. The van der Waals surface area contributed by atoms with Crippen LogP contribution in [0.4, 0.5) is 10.6 Å². The lowest BCUT2D eigenvalue weighted by Gasteiger charge is -2.32. The molecule has 1 aromatic carbocycles. The molecule has 3 rings (SSSR count). The highest BCUT2D eigenvalue weighted by atomic mass is 16.5. The van der Waals surface area contributed by atoms with Gasteiger partial charge in [0.05, 0.1) is 7.11 Å². The molecule has 1 N–H and O–H groups in total. The minimum absolute atomic E-state index is 0.0960. The molecule has 6 nitrogen and oxygen atoms in total. The monoisotopic (exact) mass is 326 g/mol. The molecule has 24 heavy (non-hydrogen) atoms. The topological polar surface area (TPSA) is 67.3 Å². The van der Waals surface area contributed by atoms with E-state index in [1.165, 1.54) is 5.56 Å². The molecule has 6 heteroatoms. The molecule has 1 fully saturated rings. The average Bonchev–Trinajstić information content (AvgIpc) is 2.62. The van der Waals surface area contributed by atoms with Crippen molar-refractivity contribution in [3.63, 3.8) is 0 Å². The highest BCUT2D eigenvalue weighted by Crippen LogP contribution is 2.29. The highest BCUT2D eigenvalue weighted by molar-refractivity contribution is 5.88. The van der Waals surface area contributed by atoms with Gasteiger partial charge in [0.25, 0.3) is 0 Å². The largest absolute Gasteiger partial charge is 0.497 e. The van der Waals surface area contributed by atoms with E-state index in [1.807, 2.05) is 17.0 Å². The minimum Gasteiger partial charge on any atom is -0.497 e. The van der Waals surface area contributed by atoms with E-state index in [4.69, 9.17) is 4.74 Å². The number of amides is 2. The van der Waals surface area contributed by atoms with Gasteiger partial charge in [-0.25, -0.2) is 14.8 Å². The molecular weight excluding hydrogens is 304 g/mol. The van der Waals surface area contributed by atoms with Gasteiger partial charge in [0.15, 0.2) is 0 Å². The average molecular weight is 326 g/mol. The molecule has 2 aromatic rings. The fraction of sp³-hybridized carbons (Fsp3) is 0.389. The summed E-state index contributed by atoms with van der Waals surface area (Å²) in [6.45, 7) is 3.29. The Bertz CT molecular complexity index is 694. The maximum atomic E-state index is 12.3. The summed E-state index contributed by atoms with van der Waals surface area (Å²) in [6.07, 6.45) is 3.57. The third-order valence-electron chi connectivity index (χ3n) is 4.38. The summed E-state index contributed by atoms with van der Waals surface area (Å²) in [5.41, 5.74) is 1.31. The number of nitrogens with zero attached hydrogens (tertiary/aromatic N) is 3. The van der Waals surface area contributed by atoms with Crippen LogP contribution >= 0.6 is 0 Å². The number of hydrogen-bond donors (Lipinski definition) is 1. The molecule has 126 valence electrons. The quantitative estimate of drug-likeness (QED) is 0.940. The lowest BCUT2D eigenvalue weighted by atomic mass is 9.89. The van der Waals surface area contributed by atoms with Crippen LogP contribution in [0.5, 0.6) is 5.75 Å². The summed E-state index contributed by atoms with van der Waals surface area (Å²) in [5.74, 6) is 2.55. The summed E-state index contributed by atoms with van der Waals surface area (Å²) in [4.78, 5) is 22.4. The molecule has 1 saturated heterocycles. The second kappa shape index (κ2) is 7.29. The Kier molecular flexibility index (Phi) is 4.93. The van der Waals surface area contributed by atoms with Gasteiger partial charge < -0.3 is 9.64 Å². The van der Waals surface area contributed by atoms with Gasteiger partial charge in [0, 0.05) is 19.3 Å². The predicted molar refractivity (Wildman–Crippen MR) is 92.3 cm³/mol. The molecular formula is C18H22N4O2. The van der Waals surface area contributed by atoms with E-state index >= 15 is 0 Å². The third kappa shape index (κ3) is 3.82. The Morgan fingerprint density at radius 2 is 1.92 bits per heavy atom. The molecule has 1 aromatic heterocycles. The molecule has 2 heterocycles. The molecule has 0 aliphatic carbocycles. The number of carbonyl (C=O) groups excluding carboxylic acids is 1. The van der Waals surface area contributed by atoms with E-state index < -0.39 is 0 Å². The van der Waals surface area contributed by atoms with Gasteiger partial charge in [-0.05, 0) is 49.4 Å². The fourth-order valence-corrected chi connectivity index (χ4v) is 3.01. The molecule has 0 spiro atoms. The van der Waals surface area contributed by atoms with E-state index in [-0.39, 0.29) is 6.03 Å². The van der Waals surface area contributed by atoms with Gasteiger partial charge in [-0.3, -0.25) is 5.32 Å². The number of hydrogen-bond acceptors (Lipinski definition) is 4. The summed E-state index contributed by atoms with van der Waals surface area (Å²) >= 11 is 0. The molecule has 0 radical (unpaired) electrons. The van der Waals surface area contributed by atoms with Gasteiger partial charge in [-0.2, -0.15) is 0 Å². The number of anilines is 1. The van der Waals surface area contributed by atoms with Crippen LogP contribution in [0.3, 0.4) is 0 Å². The number of likely N-dealkylation sites (tertiary alicyclic amines) is 1. The minimum atomic E-state index is -0.0960.